The summed E-state index contributed by atoms with van der Waals surface area (Å²) < 4.78 is 1.69. The number of hydrogen-bond donors (Lipinski definition) is 2. The molecule has 7 nitrogen and oxygen atoms in total. The van der Waals surface area contributed by atoms with Gasteiger partial charge in [-0.25, -0.2) is 4.79 Å². The number of rotatable bonds is 3. The van der Waals surface area contributed by atoms with E-state index in [1.54, 1.807) is 18.2 Å². The molecule has 0 atom stereocenters. The summed E-state index contributed by atoms with van der Waals surface area (Å²) >= 11 is 4.14. The highest BCUT2D eigenvalue weighted by Crippen LogP contribution is 2.32. The second-order valence-electron chi connectivity index (χ2n) is 3.72. The molecular weight excluding hydrogens is 350 g/mol. The molecule has 0 fully saturated rings. The maximum Gasteiger partial charge on any atom is 0.339 e. The minimum Gasteiger partial charge on any atom is -0.478 e. The van der Waals surface area contributed by atoms with Gasteiger partial charge in [0.05, 0.1) is 5.56 Å². The van der Waals surface area contributed by atoms with Crippen LogP contribution < -0.4 is 11.1 Å². The maximum atomic E-state index is 11.3. The number of aryl methyl sites for hydroxylation is 1. The molecule has 0 aliphatic carbocycles. The summed E-state index contributed by atoms with van der Waals surface area (Å²) in [6.45, 7) is 0. The molecule has 0 aliphatic heterocycles. The van der Waals surface area contributed by atoms with E-state index in [-0.39, 0.29) is 10.7 Å². The first-order valence-corrected chi connectivity index (χ1v) is 6.88. The van der Waals surface area contributed by atoms with Gasteiger partial charge in [-0.3, -0.25) is 19.4 Å². The van der Waals surface area contributed by atoms with Crippen LogP contribution in [0.1, 0.15) is 10.4 Å². The van der Waals surface area contributed by atoms with Crippen LogP contribution in [0, 0.1) is 0 Å². The van der Waals surface area contributed by atoms with Crippen molar-refractivity contribution in [2.24, 2.45) is 7.05 Å². The number of hydrogen-bond acceptors (Lipinski definition) is 5. The van der Waals surface area contributed by atoms with Crippen molar-refractivity contribution in [2.75, 3.05) is 0 Å². The van der Waals surface area contributed by atoms with Gasteiger partial charge in [0.1, 0.15) is 0 Å². The first-order chi connectivity index (χ1) is 9.40. The first-order valence-electron chi connectivity index (χ1n) is 5.27. The molecule has 1 heterocycles. The SMILES string of the molecule is Cn1[nH]c(=O)c(=O)nc1Sc1cccc(Br)c1C(=O)O. The molecule has 0 bridgehead atoms. The van der Waals surface area contributed by atoms with E-state index >= 15 is 0 Å². The van der Waals surface area contributed by atoms with Crippen molar-refractivity contribution in [1.29, 1.82) is 0 Å². The number of halogens is 1. The van der Waals surface area contributed by atoms with Crippen molar-refractivity contribution < 1.29 is 9.90 Å². The fraction of sp³-hybridized carbons (Fsp3) is 0.0909. The summed E-state index contributed by atoms with van der Waals surface area (Å²) in [5.74, 6) is -1.10. The molecule has 0 unspecified atom stereocenters. The molecular formula is C11H8BrN3O4S. The van der Waals surface area contributed by atoms with Gasteiger partial charge in [-0.1, -0.05) is 6.07 Å². The van der Waals surface area contributed by atoms with Gasteiger partial charge in [-0.15, -0.1) is 0 Å². The maximum absolute atomic E-state index is 11.3. The molecule has 0 saturated carbocycles. The molecule has 20 heavy (non-hydrogen) atoms. The molecule has 0 radical (unpaired) electrons. The number of nitrogens with one attached hydrogen (secondary N) is 1. The molecule has 9 heteroatoms. The summed E-state index contributed by atoms with van der Waals surface area (Å²) in [7, 11) is 1.51. The van der Waals surface area contributed by atoms with E-state index in [0.717, 1.165) is 11.8 Å². The number of H-pyrrole nitrogens is 1. The molecule has 0 saturated heterocycles. The standard InChI is InChI=1S/C11H8BrN3O4S/c1-15-11(13-8(16)9(17)14-15)20-6-4-2-3-5(12)7(6)10(18)19/h2-4H,1H3,(H,14,17)(H,18,19). The highest BCUT2D eigenvalue weighted by atomic mass is 79.9. The zero-order valence-corrected chi connectivity index (χ0v) is 12.5. The van der Waals surface area contributed by atoms with Crippen molar-refractivity contribution in [1.82, 2.24) is 14.8 Å². The zero-order valence-electron chi connectivity index (χ0n) is 10.1. The lowest BCUT2D eigenvalue weighted by atomic mass is 10.2. The Balaban J connectivity index is 2.54. The smallest absolute Gasteiger partial charge is 0.339 e. The Morgan fingerprint density at radius 1 is 1.45 bits per heavy atom. The summed E-state index contributed by atoms with van der Waals surface area (Å²) in [6.07, 6.45) is 0. The van der Waals surface area contributed by atoms with E-state index in [1.807, 2.05) is 0 Å². The summed E-state index contributed by atoms with van der Waals surface area (Å²) in [6, 6.07) is 4.87. The van der Waals surface area contributed by atoms with Crippen LogP contribution in [0.2, 0.25) is 0 Å². The van der Waals surface area contributed by atoms with Gasteiger partial charge in [0.2, 0.25) is 0 Å². The van der Waals surface area contributed by atoms with Gasteiger partial charge in [-0.05, 0) is 39.8 Å². The fourth-order valence-electron chi connectivity index (χ4n) is 1.45. The van der Waals surface area contributed by atoms with Crippen LogP contribution in [0.3, 0.4) is 0 Å². The van der Waals surface area contributed by atoms with E-state index in [1.165, 1.54) is 11.7 Å². The van der Waals surface area contributed by atoms with Crippen molar-refractivity contribution >= 4 is 33.7 Å². The Morgan fingerprint density at radius 3 is 2.80 bits per heavy atom. The molecule has 1 aromatic carbocycles. The number of benzene rings is 1. The average molecular weight is 358 g/mol. The lowest BCUT2D eigenvalue weighted by Crippen LogP contribution is -2.33. The number of carbonyl (C=O) groups is 1. The molecule has 1 aromatic heterocycles. The Kier molecular flexibility index (Phi) is 4.09. The Morgan fingerprint density at radius 2 is 2.15 bits per heavy atom. The largest absolute Gasteiger partial charge is 0.478 e. The molecule has 2 rings (SSSR count). The monoisotopic (exact) mass is 357 g/mol. The number of carboxylic acids is 1. The van der Waals surface area contributed by atoms with Crippen molar-refractivity contribution in [3.05, 3.63) is 48.9 Å². The van der Waals surface area contributed by atoms with E-state index < -0.39 is 17.1 Å². The Bertz CT molecular complexity index is 799. The van der Waals surface area contributed by atoms with Gasteiger partial charge < -0.3 is 5.11 Å². The van der Waals surface area contributed by atoms with Crippen molar-refractivity contribution in [3.63, 3.8) is 0 Å². The van der Waals surface area contributed by atoms with Crippen LogP contribution in [-0.4, -0.2) is 25.8 Å². The summed E-state index contributed by atoms with van der Waals surface area (Å²) in [5.41, 5.74) is -1.68. The minimum absolute atomic E-state index is 0.0675. The minimum atomic E-state index is -1.10. The Hall–Kier alpha value is -1.87. The van der Waals surface area contributed by atoms with Crippen LogP contribution in [0.15, 0.2) is 42.3 Å². The second-order valence-corrected chi connectivity index (χ2v) is 5.58. The fourth-order valence-corrected chi connectivity index (χ4v) is 3.07. The number of nitrogens with zero attached hydrogens (tertiary/aromatic N) is 2. The number of aromatic carboxylic acids is 1. The summed E-state index contributed by atoms with van der Waals surface area (Å²) in [4.78, 5) is 37.6. The third-order valence-electron chi connectivity index (χ3n) is 2.34. The van der Waals surface area contributed by atoms with Gasteiger partial charge in [0.25, 0.3) is 0 Å². The molecule has 0 aliphatic rings. The third kappa shape index (κ3) is 2.83. The van der Waals surface area contributed by atoms with Crippen molar-refractivity contribution in [3.8, 4) is 0 Å². The summed E-state index contributed by atoms with van der Waals surface area (Å²) in [5, 5.41) is 11.7. The quantitative estimate of drug-likeness (QED) is 0.796. The van der Waals surface area contributed by atoms with Gasteiger partial charge in [0, 0.05) is 16.4 Å². The molecule has 0 spiro atoms. The molecule has 2 aromatic rings. The van der Waals surface area contributed by atoms with Crippen molar-refractivity contribution in [2.45, 2.75) is 10.1 Å². The van der Waals surface area contributed by atoms with E-state index in [4.69, 9.17) is 0 Å². The normalized spacial score (nSPS) is 10.5. The zero-order chi connectivity index (χ0) is 14.9. The average Bonchev–Trinajstić information content (AvgIpc) is 2.35. The highest BCUT2D eigenvalue weighted by molar-refractivity contribution is 9.10. The predicted molar refractivity (Wildman–Crippen MR) is 75.3 cm³/mol. The molecule has 104 valence electrons. The second kappa shape index (κ2) is 5.63. The predicted octanol–water partition coefficient (Wildman–Crippen LogP) is 1.08. The van der Waals surface area contributed by atoms with E-state index in [0.29, 0.717) is 9.37 Å². The van der Waals surface area contributed by atoms with Crippen LogP contribution in [0.5, 0.6) is 0 Å². The van der Waals surface area contributed by atoms with Gasteiger partial charge in [0.15, 0.2) is 5.16 Å². The molecule has 0 amide bonds. The van der Waals surface area contributed by atoms with E-state index in [2.05, 4.69) is 26.0 Å². The lowest BCUT2D eigenvalue weighted by Gasteiger charge is -2.09. The van der Waals surface area contributed by atoms with Gasteiger partial charge in [-0.2, -0.15) is 4.98 Å². The lowest BCUT2D eigenvalue weighted by molar-refractivity contribution is 0.0692. The first kappa shape index (κ1) is 14.5. The molecule has 2 N–H and O–H groups in total. The number of aromatic nitrogens is 3. The Labute approximate surface area is 124 Å². The van der Waals surface area contributed by atoms with Crippen LogP contribution >= 0.6 is 27.7 Å². The number of carboxylic acid groups (broad SMARTS) is 1. The van der Waals surface area contributed by atoms with Gasteiger partial charge >= 0.3 is 17.1 Å². The highest BCUT2D eigenvalue weighted by Gasteiger charge is 2.16. The third-order valence-corrected chi connectivity index (χ3v) is 4.11. The van der Waals surface area contributed by atoms with E-state index in [9.17, 15) is 19.5 Å². The number of aromatic amines is 1. The van der Waals surface area contributed by atoms with Crippen LogP contribution in [-0.2, 0) is 7.05 Å². The topological polar surface area (TPSA) is 105 Å². The van der Waals surface area contributed by atoms with Crippen LogP contribution in [0.25, 0.3) is 0 Å². The van der Waals surface area contributed by atoms with Crippen LogP contribution in [0.4, 0.5) is 0 Å².